The molecule has 1 atom stereocenters. The van der Waals surface area contributed by atoms with Crippen molar-refractivity contribution in [3.8, 4) is 0 Å². The Balaban J connectivity index is 2.17. The molecule has 112 valence electrons. The Morgan fingerprint density at radius 1 is 1.20 bits per heavy atom. The summed E-state index contributed by atoms with van der Waals surface area (Å²) in [5.74, 6) is -1.04. The summed E-state index contributed by atoms with van der Waals surface area (Å²) in [6.45, 7) is 0.343. The first-order valence-corrected chi connectivity index (χ1v) is 7.50. The number of rotatable bonds is 4. The zero-order valence-electron chi connectivity index (χ0n) is 12.1. The minimum absolute atomic E-state index is 0.182. The van der Waals surface area contributed by atoms with Crippen LogP contribution in [0.25, 0.3) is 0 Å². The van der Waals surface area contributed by atoms with Crippen LogP contribution in [-0.4, -0.2) is 24.5 Å². The Kier molecular flexibility index (Phi) is 5.49. The fourth-order valence-electron chi connectivity index (χ4n) is 3.20. The summed E-state index contributed by atoms with van der Waals surface area (Å²) >= 11 is 0. The van der Waals surface area contributed by atoms with E-state index in [2.05, 4.69) is 4.90 Å². The van der Waals surface area contributed by atoms with Gasteiger partial charge in [-0.2, -0.15) is 0 Å². The lowest BCUT2D eigenvalue weighted by molar-refractivity contribution is 0.158. The molecule has 1 aliphatic rings. The molecule has 1 fully saturated rings. The quantitative estimate of drug-likeness (QED) is 0.855. The van der Waals surface area contributed by atoms with Crippen molar-refractivity contribution >= 4 is 0 Å². The predicted molar refractivity (Wildman–Crippen MR) is 77.4 cm³/mol. The van der Waals surface area contributed by atoms with E-state index in [0.29, 0.717) is 18.2 Å². The lowest BCUT2D eigenvalue weighted by Gasteiger charge is -2.34. The van der Waals surface area contributed by atoms with E-state index in [4.69, 9.17) is 5.73 Å². The summed E-state index contributed by atoms with van der Waals surface area (Å²) in [6, 6.07) is 4.03. The third-order valence-corrected chi connectivity index (χ3v) is 4.44. The number of likely N-dealkylation sites (N-methyl/N-ethyl adjacent to an activating group) is 1. The van der Waals surface area contributed by atoms with E-state index >= 15 is 0 Å². The molecule has 1 aromatic rings. The fraction of sp³-hybridized carbons (Fsp3) is 0.625. The van der Waals surface area contributed by atoms with Crippen molar-refractivity contribution < 1.29 is 8.78 Å². The van der Waals surface area contributed by atoms with E-state index in [1.54, 1.807) is 0 Å². The number of nitrogens with two attached hydrogens (primary N) is 1. The molecule has 0 amide bonds. The van der Waals surface area contributed by atoms with Crippen molar-refractivity contribution in [3.63, 3.8) is 0 Å². The number of hydrogen-bond acceptors (Lipinski definition) is 2. The first kappa shape index (κ1) is 15.4. The molecule has 0 radical (unpaired) electrons. The first-order chi connectivity index (χ1) is 9.63. The predicted octanol–water partition coefficient (Wildman–Crippen LogP) is 3.62. The molecule has 1 aromatic carbocycles. The highest BCUT2D eigenvalue weighted by atomic mass is 19.1. The Hall–Kier alpha value is -1.00. The summed E-state index contributed by atoms with van der Waals surface area (Å²) in [7, 11) is 2.01. The second-order valence-corrected chi connectivity index (χ2v) is 5.73. The van der Waals surface area contributed by atoms with Gasteiger partial charge in [0.05, 0.1) is 0 Å². The molecule has 0 heterocycles. The van der Waals surface area contributed by atoms with Gasteiger partial charge in [0.1, 0.15) is 11.6 Å². The Morgan fingerprint density at radius 3 is 2.40 bits per heavy atom. The molecule has 1 saturated carbocycles. The van der Waals surface area contributed by atoms with Crippen molar-refractivity contribution in [2.24, 2.45) is 5.73 Å². The van der Waals surface area contributed by atoms with E-state index in [9.17, 15) is 8.78 Å². The van der Waals surface area contributed by atoms with E-state index in [1.165, 1.54) is 37.8 Å². The molecule has 0 aromatic heterocycles. The lowest BCUT2D eigenvalue weighted by atomic mass is 10.00. The summed E-state index contributed by atoms with van der Waals surface area (Å²) in [6.07, 6.45) is 7.27. The molecule has 1 unspecified atom stereocenters. The molecule has 2 rings (SSSR count). The molecule has 1 aliphatic carbocycles. The first-order valence-electron chi connectivity index (χ1n) is 7.50. The van der Waals surface area contributed by atoms with Gasteiger partial charge in [0.15, 0.2) is 0 Å². The maximum Gasteiger partial charge on any atom is 0.130 e. The zero-order valence-corrected chi connectivity index (χ0v) is 12.1. The number of benzene rings is 1. The molecule has 0 aliphatic heterocycles. The molecular formula is C16H24F2N2. The molecule has 0 saturated heterocycles. The van der Waals surface area contributed by atoms with Gasteiger partial charge < -0.3 is 5.73 Å². The molecular weight excluding hydrogens is 258 g/mol. The summed E-state index contributed by atoms with van der Waals surface area (Å²) in [5, 5.41) is 0. The standard InChI is InChI=1S/C16H24F2N2/c1-20(13-6-4-2-3-5-7-13)16(11-19)14-9-8-12(17)10-15(14)18/h8-10,13,16H,2-7,11,19H2,1H3. The molecule has 2 nitrogen and oxygen atoms in total. The van der Waals surface area contributed by atoms with Crippen LogP contribution < -0.4 is 5.73 Å². The van der Waals surface area contributed by atoms with Crippen LogP contribution in [0.3, 0.4) is 0 Å². The minimum atomic E-state index is -0.542. The third kappa shape index (κ3) is 3.55. The highest BCUT2D eigenvalue weighted by molar-refractivity contribution is 5.22. The number of nitrogens with zero attached hydrogens (tertiary/aromatic N) is 1. The van der Waals surface area contributed by atoms with Crippen molar-refractivity contribution in [3.05, 3.63) is 35.4 Å². The monoisotopic (exact) mass is 282 g/mol. The second kappa shape index (κ2) is 7.14. The normalized spacial score (nSPS) is 19.1. The van der Waals surface area contributed by atoms with Crippen molar-refractivity contribution in [1.29, 1.82) is 0 Å². The van der Waals surface area contributed by atoms with Crippen molar-refractivity contribution in [2.75, 3.05) is 13.6 Å². The van der Waals surface area contributed by atoms with Crippen LogP contribution in [0, 0.1) is 11.6 Å². The fourth-order valence-corrected chi connectivity index (χ4v) is 3.20. The maximum absolute atomic E-state index is 14.0. The van der Waals surface area contributed by atoms with Crippen LogP contribution in [-0.2, 0) is 0 Å². The van der Waals surface area contributed by atoms with E-state index in [-0.39, 0.29) is 6.04 Å². The van der Waals surface area contributed by atoms with Crippen LogP contribution in [0.15, 0.2) is 18.2 Å². The van der Waals surface area contributed by atoms with Gasteiger partial charge in [-0.1, -0.05) is 31.7 Å². The van der Waals surface area contributed by atoms with Gasteiger partial charge in [0.25, 0.3) is 0 Å². The molecule has 2 N–H and O–H groups in total. The number of hydrogen-bond donors (Lipinski definition) is 1. The van der Waals surface area contributed by atoms with E-state index < -0.39 is 11.6 Å². The van der Waals surface area contributed by atoms with Crippen LogP contribution >= 0.6 is 0 Å². The molecule has 0 spiro atoms. The van der Waals surface area contributed by atoms with Gasteiger partial charge in [-0.15, -0.1) is 0 Å². The molecule has 0 bridgehead atoms. The van der Waals surface area contributed by atoms with Crippen LogP contribution in [0.1, 0.15) is 50.1 Å². The summed E-state index contributed by atoms with van der Waals surface area (Å²) in [5.41, 5.74) is 6.36. The Bertz CT molecular complexity index is 428. The highest BCUT2D eigenvalue weighted by Gasteiger charge is 2.26. The van der Waals surface area contributed by atoms with Gasteiger partial charge >= 0.3 is 0 Å². The van der Waals surface area contributed by atoms with Crippen molar-refractivity contribution in [2.45, 2.75) is 50.6 Å². The van der Waals surface area contributed by atoms with Crippen LogP contribution in [0.5, 0.6) is 0 Å². The average molecular weight is 282 g/mol. The zero-order chi connectivity index (χ0) is 14.5. The molecule has 20 heavy (non-hydrogen) atoms. The average Bonchev–Trinajstić information content (AvgIpc) is 2.70. The van der Waals surface area contributed by atoms with Gasteiger partial charge in [-0.25, -0.2) is 8.78 Å². The number of halogens is 2. The summed E-state index contributed by atoms with van der Waals surface area (Å²) in [4.78, 5) is 2.18. The Labute approximate surface area is 120 Å². The van der Waals surface area contributed by atoms with E-state index in [0.717, 1.165) is 18.9 Å². The van der Waals surface area contributed by atoms with Gasteiger partial charge in [-0.3, -0.25) is 4.90 Å². The highest BCUT2D eigenvalue weighted by Crippen LogP contribution is 2.29. The minimum Gasteiger partial charge on any atom is -0.329 e. The summed E-state index contributed by atoms with van der Waals surface area (Å²) < 4.78 is 27.0. The molecule has 4 heteroatoms. The lowest BCUT2D eigenvalue weighted by Crippen LogP contribution is -2.38. The largest absolute Gasteiger partial charge is 0.329 e. The van der Waals surface area contributed by atoms with Crippen molar-refractivity contribution in [1.82, 2.24) is 4.90 Å². The van der Waals surface area contributed by atoms with E-state index in [1.807, 2.05) is 7.05 Å². The van der Waals surface area contributed by atoms with Crippen LogP contribution in [0.2, 0.25) is 0 Å². The smallest absolute Gasteiger partial charge is 0.130 e. The topological polar surface area (TPSA) is 29.3 Å². The van der Waals surface area contributed by atoms with Crippen LogP contribution in [0.4, 0.5) is 8.78 Å². The van der Waals surface area contributed by atoms with Gasteiger partial charge in [0, 0.05) is 30.3 Å². The van der Waals surface area contributed by atoms with Gasteiger partial charge in [-0.05, 0) is 26.0 Å². The van der Waals surface area contributed by atoms with Gasteiger partial charge in [0.2, 0.25) is 0 Å². The second-order valence-electron chi connectivity index (χ2n) is 5.73. The maximum atomic E-state index is 14.0. The third-order valence-electron chi connectivity index (χ3n) is 4.44. The Morgan fingerprint density at radius 2 is 1.85 bits per heavy atom. The SMILES string of the molecule is CN(C1CCCCCC1)C(CN)c1ccc(F)cc1F.